The van der Waals surface area contributed by atoms with Crippen LogP contribution in [0.15, 0.2) is 10.9 Å². The van der Waals surface area contributed by atoms with Crippen LogP contribution < -0.4 is 10.9 Å². The highest BCUT2D eigenvalue weighted by atomic mass is 35.5. The molecule has 2 N–H and O–H groups in total. The summed E-state index contributed by atoms with van der Waals surface area (Å²) >= 11 is 6.19. The zero-order valence-electron chi connectivity index (χ0n) is 10.9. The molecule has 0 amide bonds. The molecule has 1 fully saturated rings. The van der Waals surface area contributed by atoms with Gasteiger partial charge in [0, 0.05) is 12.0 Å². The summed E-state index contributed by atoms with van der Waals surface area (Å²) in [4.78, 5) is 16.7. The molecular formula is C13H17ClN4O. The first-order chi connectivity index (χ1) is 9.16. The van der Waals surface area contributed by atoms with Crippen molar-refractivity contribution in [1.29, 1.82) is 0 Å². The fourth-order valence-electron chi connectivity index (χ4n) is 2.66. The van der Waals surface area contributed by atoms with E-state index in [0.29, 0.717) is 16.6 Å². The topological polar surface area (TPSA) is 62.2 Å². The van der Waals surface area contributed by atoms with Gasteiger partial charge < -0.3 is 5.32 Å². The number of H-pyrrole nitrogens is 1. The van der Waals surface area contributed by atoms with E-state index in [1.807, 2.05) is 6.92 Å². The molecule has 1 saturated heterocycles. The van der Waals surface area contributed by atoms with Crippen molar-refractivity contribution < 1.29 is 0 Å². The van der Waals surface area contributed by atoms with Crippen LogP contribution in [0.4, 0.5) is 0 Å². The number of aryl methyl sites for hydroxylation is 1. The molecule has 6 heteroatoms. The van der Waals surface area contributed by atoms with E-state index >= 15 is 0 Å². The number of aromatic nitrogens is 3. The van der Waals surface area contributed by atoms with Gasteiger partial charge in [-0.15, -0.1) is 0 Å². The average molecular weight is 281 g/mol. The van der Waals surface area contributed by atoms with E-state index in [1.54, 1.807) is 6.07 Å². The molecule has 3 heterocycles. The Morgan fingerprint density at radius 2 is 2.26 bits per heavy atom. The van der Waals surface area contributed by atoms with Crippen molar-refractivity contribution in [3.8, 4) is 0 Å². The van der Waals surface area contributed by atoms with Crippen molar-refractivity contribution >= 4 is 17.2 Å². The number of nitrogens with zero attached hydrogens (tertiary/aromatic N) is 2. The van der Waals surface area contributed by atoms with E-state index in [4.69, 9.17) is 11.6 Å². The first kappa shape index (κ1) is 12.7. The minimum atomic E-state index is -0.0905. The molecule has 0 radical (unpaired) electrons. The van der Waals surface area contributed by atoms with E-state index in [-0.39, 0.29) is 5.56 Å². The third-order valence-corrected chi connectivity index (χ3v) is 4.19. The summed E-state index contributed by atoms with van der Waals surface area (Å²) in [5.41, 5.74) is 2.09. The van der Waals surface area contributed by atoms with Gasteiger partial charge in [-0.05, 0) is 39.3 Å². The second-order valence-electron chi connectivity index (χ2n) is 5.11. The Labute approximate surface area is 116 Å². The predicted molar refractivity (Wildman–Crippen MR) is 75.0 cm³/mol. The van der Waals surface area contributed by atoms with Crippen molar-refractivity contribution in [3.63, 3.8) is 0 Å². The van der Waals surface area contributed by atoms with E-state index in [2.05, 4.69) is 15.4 Å². The van der Waals surface area contributed by atoms with Gasteiger partial charge in [-0.3, -0.25) is 9.89 Å². The Morgan fingerprint density at radius 3 is 3.11 bits per heavy atom. The third-order valence-electron chi connectivity index (χ3n) is 3.74. The van der Waals surface area contributed by atoms with Crippen molar-refractivity contribution in [2.75, 3.05) is 13.1 Å². The van der Waals surface area contributed by atoms with Gasteiger partial charge in [0.05, 0.1) is 11.4 Å². The van der Waals surface area contributed by atoms with Crippen LogP contribution >= 0.6 is 11.6 Å². The molecule has 0 aromatic carbocycles. The lowest BCUT2D eigenvalue weighted by molar-refractivity contribution is 0.591. The summed E-state index contributed by atoms with van der Waals surface area (Å²) in [5, 5.41) is 6.84. The molecule has 0 bridgehead atoms. The average Bonchev–Trinajstić information content (AvgIpc) is 2.62. The normalized spacial score (nSPS) is 20.6. The van der Waals surface area contributed by atoms with Crippen LogP contribution in [-0.4, -0.2) is 27.7 Å². The van der Waals surface area contributed by atoms with Crippen LogP contribution in [0.2, 0.25) is 5.02 Å². The van der Waals surface area contributed by atoms with Gasteiger partial charge in [0.25, 0.3) is 5.56 Å². The summed E-state index contributed by atoms with van der Waals surface area (Å²) in [6.45, 7) is 3.86. The molecule has 5 nitrogen and oxygen atoms in total. The number of nitrogens with one attached hydrogen (secondary N) is 2. The second kappa shape index (κ2) is 4.98. The van der Waals surface area contributed by atoms with E-state index < -0.39 is 0 Å². The molecule has 1 aliphatic rings. The van der Waals surface area contributed by atoms with Crippen molar-refractivity contribution in [3.05, 3.63) is 32.8 Å². The third kappa shape index (κ3) is 2.28. The lowest BCUT2D eigenvalue weighted by Gasteiger charge is -2.12. The zero-order valence-corrected chi connectivity index (χ0v) is 11.6. The van der Waals surface area contributed by atoms with Gasteiger partial charge in [-0.25, -0.2) is 4.98 Å². The van der Waals surface area contributed by atoms with Gasteiger partial charge >= 0.3 is 0 Å². The minimum absolute atomic E-state index is 0.0905. The summed E-state index contributed by atoms with van der Waals surface area (Å²) in [7, 11) is 0. The predicted octanol–water partition coefficient (Wildman–Crippen LogP) is 1.84. The van der Waals surface area contributed by atoms with Gasteiger partial charge in [-0.1, -0.05) is 11.6 Å². The molecular weight excluding hydrogens is 264 g/mol. The molecule has 1 unspecified atom stereocenters. The first-order valence-corrected chi connectivity index (χ1v) is 7.03. The van der Waals surface area contributed by atoms with Crippen LogP contribution in [0, 0.1) is 6.92 Å². The minimum Gasteiger partial charge on any atom is -0.317 e. The Balaban J connectivity index is 2.09. The molecule has 0 saturated carbocycles. The summed E-state index contributed by atoms with van der Waals surface area (Å²) in [5.74, 6) is 0.346. The number of rotatable bonds is 1. The number of hydrogen-bond donors (Lipinski definition) is 2. The van der Waals surface area contributed by atoms with Gasteiger partial charge in [0.15, 0.2) is 5.65 Å². The highest BCUT2D eigenvalue weighted by Gasteiger charge is 2.18. The van der Waals surface area contributed by atoms with Gasteiger partial charge in [0.1, 0.15) is 5.02 Å². The molecule has 2 aromatic heterocycles. The zero-order chi connectivity index (χ0) is 13.4. The van der Waals surface area contributed by atoms with E-state index in [9.17, 15) is 4.79 Å². The molecule has 0 spiro atoms. The number of fused-ring (bicyclic) bond motifs is 1. The number of aromatic amines is 1. The van der Waals surface area contributed by atoms with Crippen LogP contribution in [-0.2, 0) is 0 Å². The molecule has 19 heavy (non-hydrogen) atoms. The highest BCUT2D eigenvalue weighted by molar-refractivity contribution is 6.34. The number of halogens is 1. The van der Waals surface area contributed by atoms with Crippen LogP contribution in [0.3, 0.4) is 0 Å². The summed E-state index contributed by atoms with van der Waals surface area (Å²) in [6, 6.07) is 1.63. The molecule has 3 rings (SSSR count). The lowest BCUT2D eigenvalue weighted by Crippen LogP contribution is -2.18. The Hall–Kier alpha value is -1.33. The lowest BCUT2D eigenvalue weighted by atomic mass is 9.97. The van der Waals surface area contributed by atoms with Crippen molar-refractivity contribution in [2.45, 2.75) is 32.1 Å². The second-order valence-corrected chi connectivity index (χ2v) is 5.48. The molecule has 2 aromatic rings. The van der Waals surface area contributed by atoms with E-state index in [0.717, 1.165) is 43.7 Å². The molecule has 102 valence electrons. The molecule has 0 aliphatic carbocycles. The standard InChI is InChI=1S/C13H17ClN4O/c1-8-12(14)13-16-10(7-11(19)18(13)17-8)9-3-2-5-15-6-4-9/h7,9,15,17H,2-6H2,1H3. The van der Waals surface area contributed by atoms with Crippen LogP contribution in [0.5, 0.6) is 0 Å². The van der Waals surface area contributed by atoms with Crippen LogP contribution in [0.25, 0.3) is 5.65 Å². The summed E-state index contributed by atoms with van der Waals surface area (Å²) in [6.07, 6.45) is 3.20. The number of hydrogen-bond acceptors (Lipinski definition) is 3. The van der Waals surface area contributed by atoms with Crippen LogP contribution in [0.1, 0.15) is 36.6 Å². The Kier molecular flexibility index (Phi) is 3.33. The summed E-state index contributed by atoms with van der Waals surface area (Å²) < 4.78 is 1.41. The fraction of sp³-hybridized carbons (Fsp3) is 0.538. The molecule has 1 atom stereocenters. The molecule has 1 aliphatic heterocycles. The van der Waals surface area contributed by atoms with E-state index in [1.165, 1.54) is 4.52 Å². The smallest absolute Gasteiger partial charge is 0.272 e. The van der Waals surface area contributed by atoms with Crippen molar-refractivity contribution in [2.24, 2.45) is 0 Å². The maximum absolute atomic E-state index is 12.1. The largest absolute Gasteiger partial charge is 0.317 e. The quantitative estimate of drug-likeness (QED) is 0.838. The fourth-order valence-corrected chi connectivity index (χ4v) is 2.83. The van der Waals surface area contributed by atoms with Gasteiger partial charge in [-0.2, -0.15) is 4.52 Å². The highest BCUT2D eigenvalue weighted by Crippen LogP contribution is 2.26. The maximum atomic E-state index is 12.1. The van der Waals surface area contributed by atoms with Crippen molar-refractivity contribution in [1.82, 2.24) is 19.9 Å². The Morgan fingerprint density at radius 1 is 1.42 bits per heavy atom. The SMILES string of the molecule is Cc1[nH]n2c(=O)cc(C3CCCNCC3)nc2c1Cl. The Bertz CT molecular complexity index is 652. The first-order valence-electron chi connectivity index (χ1n) is 6.65. The van der Waals surface area contributed by atoms with Gasteiger partial charge in [0.2, 0.25) is 0 Å². The maximum Gasteiger partial charge on any atom is 0.272 e. The monoisotopic (exact) mass is 280 g/mol.